The predicted octanol–water partition coefficient (Wildman–Crippen LogP) is 5.26. The fourth-order valence-electron chi connectivity index (χ4n) is 0.161. The van der Waals surface area contributed by atoms with Crippen LogP contribution in [0.2, 0.25) is 0 Å². The maximum atomic E-state index is 3.39. The van der Waals surface area contributed by atoms with Gasteiger partial charge in [-0.25, -0.2) is 0 Å². The van der Waals surface area contributed by atoms with Crippen molar-refractivity contribution in [1.82, 2.24) is 0 Å². The fourth-order valence-corrected chi connectivity index (χ4v) is 4.34. The first-order valence-corrected chi connectivity index (χ1v) is 6.89. The molecule has 0 heterocycles. The van der Waals surface area contributed by atoms with Crippen LogP contribution in [0.4, 0.5) is 0 Å². The van der Waals surface area contributed by atoms with E-state index in [4.69, 9.17) is 0 Å². The van der Waals surface area contributed by atoms with Gasteiger partial charge in [0.15, 0.2) is 0 Å². The molecule has 0 aliphatic heterocycles. The molecule has 0 unspecified atom stereocenters. The van der Waals surface area contributed by atoms with Crippen molar-refractivity contribution in [3.63, 3.8) is 0 Å². The molecule has 10 heavy (non-hydrogen) atoms. The van der Waals surface area contributed by atoms with Crippen molar-refractivity contribution < 1.29 is 0 Å². The zero-order valence-electron chi connectivity index (χ0n) is 4.77. The van der Waals surface area contributed by atoms with Crippen LogP contribution in [0.15, 0.2) is 0 Å². The Morgan fingerprint density at radius 3 is 1.00 bits per heavy atom. The van der Waals surface area contributed by atoms with Gasteiger partial charge in [0.05, 0.1) is 0 Å². The summed E-state index contributed by atoms with van der Waals surface area (Å²) in [6.07, 6.45) is 0. The van der Waals surface area contributed by atoms with Gasteiger partial charge in [0.25, 0.3) is 0 Å². The predicted molar refractivity (Wildman–Crippen MR) is 67.9 cm³/mol. The fraction of sp³-hybridized carbons (Fsp3) is 0.750. The van der Waals surface area contributed by atoms with Crippen LogP contribution in [0.3, 0.4) is 0 Å². The third-order valence-corrected chi connectivity index (χ3v) is 4.42. The summed E-state index contributed by atoms with van der Waals surface area (Å²) in [7, 11) is 0. The molecule has 0 nitrogen and oxygen atoms in total. The minimum Gasteiger partial charge on any atom is -0.0592 e. The lowest BCUT2D eigenvalue weighted by Gasteiger charge is -2.27. The van der Waals surface area contributed by atoms with Gasteiger partial charge in [-0.05, 0) is 0 Å². The van der Waals surface area contributed by atoms with Crippen LogP contribution in [0.1, 0.15) is 6.92 Å². The lowest BCUT2D eigenvalue weighted by Crippen LogP contribution is -2.23. The maximum absolute atomic E-state index is 3.39. The summed E-state index contributed by atoms with van der Waals surface area (Å²) in [5.41, 5.74) is 0. The normalized spacial score (nSPS) is 14.4. The molecule has 0 saturated carbocycles. The summed E-state index contributed by atoms with van der Waals surface area (Å²) < 4.78 is -0.688. The molecule has 0 fully saturated rings. The van der Waals surface area contributed by atoms with Gasteiger partial charge in [-0.2, -0.15) is 0 Å². The second-order valence-corrected chi connectivity index (χ2v) is 15.1. The van der Waals surface area contributed by atoms with Crippen LogP contribution < -0.4 is 0 Å². The Hall–Kier alpha value is 2.88. The van der Waals surface area contributed by atoms with E-state index in [-0.39, 0.29) is 4.29 Å². The number of halogens is 6. The summed E-state index contributed by atoms with van der Waals surface area (Å²) in [4.78, 5) is 0. The van der Waals surface area contributed by atoms with E-state index in [0.29, 0.717) is 0 Å². The van der Waals surface area contributed by atoms with E-state index in [1.807, 2.05) is 6.92 Å². The Kier molecular flexibility index (Phi) is 5.67. The average molecular weight is 530 g/mol. The molecular weight excluding hydrogens is 527 g/mol. The molecule has 0 spiro atoms. The lowest BCUT2D eigenvalue weighted by molar-refractivity contribution is 1.04. The molecule has 0 saturated heterocycles. The van der Waals surface area contributed by atoms with E-state index in [1.165, 1.54) is 0 Å². The molecule has 0 bridgehead atoms. The van der Waals surface area contributed by atoms with Gasteiger partial charge in [0.2, 0.25) is 0 Å². The smallest absolute Gasteiger partial charge is 0.0592 e. The first-order chi connectivity index (χ1) is 4.15. The van der Waals surface area contributed by atoms with Gasteiger partial charge >= 0.3 is 0 Å². The van der Waals surface area contributed by atoms with Crippen LogP contribution >= 0.6 is 95.6 Å². The summed E-state index contributed by atoms with van der Waals surface area (Å²) in [5.74, 6) is 1.07. The Balaban J connectivity index is 4.23. The lowest BCUT2D eigenvalue weighted by atomic mass is 10.3. The molecule has 0 aliphatic rings. The van der Waals surface area contributed by atoms with Crippen molar-refractivity contribution in [2.45, 2.75) is 11.2 Å². The molecule has 0 rings (SSSR count). The van der Waals surface area contributed by atoms with Crippen molar-refractivity contribution in [3.8, 4) is 0 Å². The summed E-state index contributed by atoms with van der Waals surface area (Å²) in [6.45, 7) is 1.97. The minimum absolute atomic E-state index is 0.344. The highest BCUT2D eigenvalue weighted by atomic mass is 80.0. The first-order valence-electron chi connectivity index (χ1n) is 2.13. The Bertz CT molecular complexity index is 93.9. The molecule has 1 radical (unpaired) electrons. The Morgan fingerprint density at radius 2 is 1.00 bits per heavy atom. The van der Waals surface area contributed by atoms with Gasteiger partial charge in [0.1, 0.15) is 4.29 Å². The highest BCUT2D eigenvalue weighted by molar-refractivity contribution is 9.41. The van der Waals surface area contributed by atoms with Crippen molar-refractivity contribution in [2.75, 3.05) is 0 Å². The SMILES string of the molecule is C[C](C(Br)(Br)Br)C(Br)(Br)Br. The van der Waals surface area contributed by atoms with E-state index >= 15 is 0 Å². The Morgan fingerprint density at radius 1 is 0.800 bits per heavy atom. The topological polar surface area (TPSA) is 0 Å². The molecule has 0 N–H and O–H groups in total. The van der Waals surface area contributed by atoms with Crippen molar-refractivity contribution in [2.24, 2.45) is 0 Å². The third-order valence-electron chi connectivity index (χ3n) is 0.850. The standard InChI is InChI=1S/C4H3Br6/c1-2(3(5,6)7)4(8,9)10/h1H3. The van der Waals surface area contributed by atoms with Gasteiger partial charge in [0, 0.05) is 5.92 Å². The minimum atomic E-state index is -0.344. The van der Waals surface area contributed by atoms with Crippen LogP contribution in [0.25, 0.3) is 0 Å². The van der Waals surface area contributed by atoms with Crippen molar-refractivity contribution in [3.05, 3.63) is 5.92 Å². The largest absolute Gasteiger partial charge is 0.144 e. The second kappa shape index (κ2) is 4.40. The third kappa shape index (κ3) is 4.80. The molecule has 0 atom stereocenters. The van der Waals surface area contributed by atoms with Gasteiger partial charge in [-0.15, -0.1) is 0 Å². The van der Waals surface area contributed by atoms with E-state index in [9.17, 15) is 0 Å². The number of rotatable bonds is 0. The highest BCUT2D eigenvalue weighted by Crippen LogP contribution is 2.55. The molecule has 0 aromatic carbocycles. The van der Waals surface area contributed by atoms with E-state index in [2.05, 4.69) is 95.6 Å². The van der Waals surface area contributed by atoms with Crippen LogP contribution in [0.5, 0.6) is 0 Å². The van der Waals surface area contributed by atoms with Gasteiger partial charge in [-0.3, -0.25) is 0 Å². The zero-order valence-corrected chi connectivity index (χ0v) is 14.3. The Labute approximate surface area is 111 Å². The average Bonchev–Trinajstić information content (AvgIpc) is 1.59. The van der Waals surface area contributed by atoms with E-state index in [0.717, 1.165) is 5.92 Å². The van der Waals surface area contributed by atoms with Gasteiger partial charge in [-0.1, -0.05) is 103 Å². The molecule has 0 amide bonds. The van der Waals surface area contributed by atoms with Crippen LogP contribution in [0, 0.1) is 5.92 Å². The zero-order chi connectivity index (χ0) is 8.58. The summed E-state index contributed by atoms with van der Waals surface area (Å²) >= 11 is 20.3. The summed E-state index contributed by atoms with van der Waals surface area (Å²) in [6, 6.07) is 0. The number of hydrogen-bond donors (Lipinski definition) is 0. The molecule has 0 aliphatic carbocycles. The van der Waals surface area contributed by atoms with Crippen molar-refractivity contribution in [1.29, 1.82) is 0 Å². The summed E-state index contributed by atoms with van der Waals surface area (Å²) in [5, 5.41) is 0. The maximum Gasteiger partial charge on any atom is 0.144 e. The molecular formula is C4H3Br6. The molecule has 6 heteroatoms. The highest BCUT2D eigenvalue weighted by Gasteiger charge is 2.40. The quantitative estimate of drug-likeness (QED) is 0.375. The van der Waals surface area contributed by atoms with Gasteiger partial charge < -0.3 is 0 Å². The van der Waals surface area contributed by atoms with E-state index in [1.54, 1.807) is 0 Å². The second-order valence-electron chi connectivity index (χ2n) is 1.62. The first kappa shape index (κ1) is 12.9. The molecule has 61 valence electrons. The molecule has 0 aromatic rings. The monoisotopic (exact) mass is 525 g/mol. The number of hydrogen-bond acceptors (Lipinski definition) is 0. The van der Waals surface area contributed by atoms with Crippen LogP contribution in [-0.4, -0.2) is 4.29 Å². The van der Waals surface area contributed by atoms with E-state index < -0.39 is 0 Å². The van der Waals surface area contributed by atoms with Crippen molar-refractivity contribution >= 4 is 95.6 Å². The molecule has 0 aromatic heterocycles. The number of alkyl halides is 6. The van der Waals surface area contributed by atoms with Crippen LogP contribution in [-0.2, 0) is 0 Å².